The van der Waals surface area contributed by atoms with E-state index in [1.807, 2.05) is 38.1 Å². The lowest BCUT2D eigenvalue weighted by Crippen LogP contribution is -2.41. The molecular formula is C13H16BrNO3. The van der Waals surface area contributed by atoms with Crippen LogP contribution >= 0.6 is 15.9 Å². The van der Waals surface area contributed by atoms with E-state index in [-0.39, 0.29) is 24.9 Å². The molecule has 0 unspecified atom stereocenters. The minimum absolute atomic E-state index is 0.124. The number of carbonyl (C=O) groups is 2. The van der Waals surface area contributed by atoms with Gasteiger partial charge in [0.05, 0.1) is 6.42 Å². The summed E-state index contributed by atoms with van der Waals surface area (Å²) < 4.78 is 0.905. The highest BCUT2D eigenvalue weighted by molar-refractivity contribution is 9.10. The van der Waals surface area contributed by atoms with Gasteiger partial charge < -0.3 is 10.0 Å². The summed E-state index contributed by atoms with van der Waals surface area (Å²) >= 11 is 3.34. The number of aliphatic carboxylic acids is 1. The van der Waals surface area contributed by atoms with Crippen molar-refractivity contribution in [2.45, 2.75) is 26.3 Å². The Morgan fingerprint density at radius 2 is 2.06 bits per heavy atom. The Morgan fingerprint density at radius 1 is 1.39 bits per heavy atom. The van der Waals surface area contributed by atoms with Crippen LogP contribution in [0.1, 0.15) is 19.4 Å². The number of benzene rings is 1. The van der Waals surface area contributed by atoms with E-state index in [0.29, 0.717) is 0 Å². The van der Waals surface area contributed by atoms with Gasteiger partial charge in [0, 0.05) is 10.5 Å². The summed E-state index contributed by atoms with van der Waals surface area (Å²) in [5.41, 5.74) is 0.866. The molecule has 0 radical (unpaired) electrons. The highest BCUT2D eigenvalue weighted by Gasteiger charge is 2.19. The predicted molar refractivity (Wildman–Crippen MR) is 72.3 cm³/mol. The van der Waals surface area contributed by atoms with Crippen LogP contribution in [0, 0.1) is 0 Å². The van der Waals surface area contributed by atoms with Crippen LogP contribution < -0.4 is 0 Å². The third-order valence-corrected chi connectivity index (χ3v) is 2.99. The second-order valence-corrected chi connectivity index (χ2v) is 5.23. The van der Waals surface area contributed by atoms with Crippen molar-refractivity contribution >= 4 is 27.8 Å². The number of halogens is 1. The Balaban J connectivity index is 2.75. The van der Waals surface area contributed by atoms with E-state index in [0.717, 1.165) is 10.0 Å². The number of carbonyl (C=O) groups excluding carboxylic acids is 1. The fourth-order valence-corrected chi connectivity index (χ4v) is 2.07. The zero-order chi connectivity index (χ0) is 13.7. The molecule has 4 nitrogen and oxygen atoms in total. The number of hydrogen-bond donors (Lipinski definition) is 1. The van der Waals surface area contributed by atoms with Gasteiger partial charge in [-0.2, -0.15) is 0 Å². The number of rotatable bonds is 5. The molecule has 5 heteroatoms. The molecule has 0 atom stereocenters. The van der Waals surface area contributed by atoms with Crippen LogP contribution in [0.15, 0.2) is 28.7 Å². The SMILES string of the molecule is CC(C)N(CC(=O)O)C(=O)Cc1cccc(Br)c1. The summed E-state index contributed by atoms with van der Waals surface area (Å²) in [6.45, 7) is 3.36. The number of amides is 1. The van der Waals surface area contributed by atoms with Gasteiger partial charge in [-0.3, -0.25) is 9.59 Å². The lowest BCUT2D eigenvalue weighted by Gasteiger charge is -2.25. The molecule has 0 aliphatic rings. The Bertz CT molecular complexity index is 446. The highest BCUT2D eigenvalue weighted by atomic mass is 79.9. The molecule has 1 aromatic rings. The summed E-state index contributed by atoms with van der Waals surface area (Å²) in [7, 11) is 0. The van der Waals surface area contributed by atoms with Gasteiger partial charge in [0.25, 0.3) is 0 Å². The predicted octanol–water partition coefficient (Wildman–Crippen LogP) is 2.31. The average Bonchev–Trinajstić information content (AvgIpc) is 2.25. The molecule has 0 heterocycles. The summed E-state index contributed by atoms with van der Waals surface area (Å²) in [6.07, 6.45) is 0.213. The van der Waals surface area contributed by atoms with Crippen molar-refractivity contribution in [2.75, 3.05) is 6.54 Å². The van der Waals surface area contributed by atoms with E-state index in [1.165, 1.54) is 4.90 Å². The topological polar surface area (TPSA) is 57.6 Å². The maximum absolute atomic E-state index is 12.0. The lowest BCUT2D eigenvalue weighted by molar-refractivity contribution is -0.145. The van der Waals surface area contributed by atoms with E-state index in [4.69, 9.17) is 5.11 Å². The van der Waals surface area contributed by atoms with Crippen LogP contribution in [0.25, 0.3) is 0 Å². The number of hydrogen-bond acceptors (Lipinski definition) is 2. The van der Waals surface area contributed by atoms with E-state index >= 15 is 0 Å². The molecule has 1 rings (SSSR count). The van der Waals surface area contributed by atoms with Gasteiger partial charge in [-0.15, -0.1) is 0 Å². The highest BCUT2D eigenvalue weighted by Crippen LogP contribution is 2.13. The van der Waals surface area contributed by atoms with Crippen molar-refractivity contribution in [1.82, 2.24) is 4.90 Å². The van der Waals surface area contributed by atoms with Gasteiger partial charge in [0.1, 0.15) is 6.54 Å². The monoisotopic (exact) mass is 313 g/mol. The first-order valence-corrected chi connectivity index (χ1v) is 6.45. The van der Waals surface area contributed by atoms with Gasteiger partial charge in [0.2, 0.25) is 5.91 Å². The van der Waals surface area contributed by atoms with Crippen molar-refractivity contribution in [3.05, 3.63) is 34.3 Å². The molecular weight excluding hydrogens is 298 g/mol. The number of carboxylic acid groups (broad SMARTS) is 1. The van der Waals surface area contributed by atoms with E-state index in [1.54, 1.807) is 0 Å². The zero-order valence-electron chi connectivity index (χ0n) is 10.4. The molecule has 1 aromatic carbocycles. The second kappa shape index (κ2) is 6.54. The van der Waals surface area contributed by atoms with Crippen LogP contribution in [-0.4, -0.2) is 34.5 Å². The molecule has 0 aromatic heterocycles. The molecule has 0 bridgehead atoms. The summed E-state index contributed by atoms with van der Waals surface area (Å²) in [5, 5.41) is 8.79. The summed E-state index contributed by atoms with van der Waals surface area (Å²) in [6, 6.07) is 7.31. The van der Waals surface area contributed by atoms with E-state index in [2.05, 4.69) is 15.9 Å². The Kier molecular flexibility index (Phi) is 5.34. The minimum Gasteiger partial charge on any atom is -0.480 e. The Labute approximate surface area is 115 Å². The second-order valence-electron chi connectivity index (χ2n) is 4.32. The first-order chi connectivity index (χ1) is 8.40. The number of nitrogens with zero attached hydrogens (tertiary/aromatic N) is 1. The molecule has 1 N–H and O–H groups in total. The quantitative estimate of drug-likeness (QED) is 0.907. The van der Waals surface area contributed by atoms with Crippen LogP contribution in [0.3, 0.4) is 0 Å². The smallest absolute Gasteiger partial charge is 0.323 e. The van der Waals surface area contributed by atoms with Gasteiger partial charge in [0.15, 0.2) is 0 Å². The maximum atomic E-state index is 12.0. The molecule has 0 saturated heterocycles. The first-order valence-electron chi connectivity index (χ1n) is 5.66. The summed E-state index contributed by atoms with van der Waals surface area (Å²) in [4.78, 5) is 24.1. The molecule has 18 heavy (non-hydrogen) atoms. The van der Waals surface area contributed by atoms with Crippen LogP contribution in [0.4, 0.5) is 0 Å². The third kappa shape index (κ3) is 4.49. The molecule has 98 valence electrons. The molecule has 0 aliphatic heterocycles. The van der Waals surface area contributed by atoms with Gasteiger partial charge >= 0.3 is 5.97 Å². The molecule has 1 amide bonds. The van der Waals surface area contributed by atoms with Crippen molar-refractivity contribution in [2.24, 2.45) is 0 Å². The lowest BCUT2D eigenvalue weighted by atomic mass is 10.1. The standard InChI is InChI=1S/C13H16BrNO3/c1-9(2)15(8-13(17)18)12(16)7-10-4-3-5-11(14)6-10/h3-6,9H,7-8H2,1-2H3,(H,17,18). The third-order valence-electron chi connectivity index (χ3n) is 2.49. The van der Waals surface area contributed by atoms with Crippen molar-refractivity contribution < 1.29 is 14.7 Å². The van der Waals surface area contributed by atoms with Crippen molar-refractivity contribution in [1.29, 1.82) is 0 Å². The molecule has 0 saturated carbocycles. The molecule has 0 aliphatic carbocycles. The Morgan fingerprint density at radius 3 is 2.56 bits per heavy atom. The molecule has 0 fully saturated rings. The van der Waals surface area contributed by atoms with E-state index in [9.17, 15) is 9.59 Å². The van der Waals surface area contributed by atoms with Gasteiger partial charge in [-0.05, 0) is 31.5 Å². The fraction of sp³-hybridized carbons (Fsp3) is 0.385. The van der Waals surface area contributed by atoms with Gasteiger partial charge in [-0.25, -0.2) is 0 Å². The van der Waals surface area contributed by atoms with E-state index < -0.39 is 5.97 Å². The van der Waals surface area contributed by atoms with Gasteiger partial charge in [-0.1, -0.05) is 28.1 Å². The van der Waals surface area contributed by atoms with Crippen LogP contribution in [-0.2, 0) is 16.0 Å². The summed E-state index contributed by atoms with van der Waals surface area (Å²) in [5.74, 6) is -1.17. The van der Waals surface area contributed by atoms with Crippen LogP contribution in [0.5, 0.6) is 0 Å². The number of carboxylic acids is 1. The normalized spacial score (nSPS) is 10.4. The Hall–Kier alpha value is -1.36. The molecule has 0 spiro atoms. The fourth-order valence-electron chi connectivity index (χ4n) is 1.63. The average molecular weight is 314 g/mol. The van der Waals surface area contributed by atoms with Crippen molar-refractivity contribution in [3.8, 4) is 0 Å². The minimum atomic E-state index is -0.994. The maximum Gasteiger partial charge on any atom is 0.323 e. The largest absolute Gasteiger partial charge is 0.480 e. The first kappa shape index (κ1) is 14.7. The zero-order valence-corrected chi connectivity index (χ0v) is 12.0. The van der Waals surface area contributed by atoms with Crippen molar-refractivity contribution in [3.63, 3.8) is 0 Å². The van der Waals surface area contributed by atoms with Crippen LogP contribution in [0.2, 0.25) is 0 Å².